The van der Waals surface area contributed by atoms with E-state index >= 15 is 0 Å². The molecular formula is C12H24O. The van der Waals surface area contributed by atoms with Crippen molar-refractivity contribution in [3.05, 3.63) is 0 Å². The van der Waals surface area contributed by atoms with Crippen LogP contribution in [0.5, 0.6) is 0 Å². The minimum atomic E-state index is -0.0938. The van der Waals surface area contributed by atoms with Crippen LogP contribution < -0.4 is 0 Å². The summed E-state index contributed by atoms with van der Waals surface area (Å²) in [4.78, 5) is 0. The van der Waals surface area contributed by atoms with E-state index in [1.165, 1.54) is 12.8 Å². The topological polar surface area (TPSA) is 20.2 Å². The molecule has 0 aliphatic heterocycles. The van der Waals surface area contributed by atoms with Crippen LogP contribution in [0, 0.1) is 16.7 Å². The van der Waals surface area contributed by atoms with Crippen molar-refractivity contribution >= 4 is 0 Å². The molecule has 1 fully saturated rings. The number of aliphatic hydroxyl groups excluding tert-OH is 1. The standard InChI is InChI=1S/C12H24O/c1-11(2,3)9-6-7-12(4,5)8-10(9)13/h9-10,13H,6-8H2,1-5H3/t9-,10+/m1/s1. The summed E-state index contributed by atoms with van der Waals surface area (Å²) in [6, 6.07) is 0. The summed E-state index contributed by atoms with van der Waals surface area (Å²) >= 11 is 0. The van der Waals surface area contributed by atoms with E-state index in [2.05, 4.69) is 34.6 Å². The van der Waals surface area contributed by atoms with Gasteiger partial charge in [0, 0.05) is 0 Å². The highest BCUT2D eigenvalue weighted by molar-refractivity contribution is 4.89. The lowest BCUT2D eigenvalue weighted by Crippen LogP contribution is -2.40. The van der Waals surface area contributed by atoms with E-state index in [1.54, 1.807) is 0 Å². The first-order valence-corrected chi connectivity index (χ1v) is 5.40. The molecule has 0 radical (unpaired) electrons. The molecule has 1 N–H and O–H groups in total. The quantitative estimate of drug-likeness (QED) is 0.613. The summed E-state index contributed by atoms with van der Waals surface area (Å²) in [5, 5.41) is 10.0. The van der Waals surface area contributed by atoms with Crippen molar-refractivity contribution in [1.29, 1.82) is 0 Å². The number of hydrogen-bond donors (Lipinski definition) is 1. The van der Waals surface area contributed by atoms with Crippen molar-refractivity contribution in [1.82, 2.24) is 0 Å². The average Bonchev–Trinajstić information content (AvgIpc) is 1.80. The zero-order chi connectivity index (χ0) is 10.3. The van der Waals surface area contributed by atoms with Crippen LogP contribution in [0.3, 0.4) is 0 Å². The lowest BCUT2D eigenvalue weighted by atomic mass is 9.64. The lowest BCUT2D eigenvalue weighted by Gasteiger charge is -2.44. The summed E-state index contributed by atoms with van der Waals surface area (Å²) in [7, 11) is 0. The first kappa shape index (κ1) is 11.0. The average molecular weight is 184 g/mol. The van der Waals surface area contributed by atoms with Gasteiger partial charge in [0.25, 0.3) is 0 Å². The van der Waals surface area contributed by atoms with Gasteiger partial charge in [0.2, 0.25) is 0 Å². The summed E-state index contributed by atoms with van der Waals surface area (Å²) < 4.78 is 0. The Kier molecular flexibility index (Phi) is 2.78. The van der Waals surface area contributed by atoms with E-state index in [9.17, 15) is 5.11 Å². The number of aliphatic hydroxyl groups is 1. The van der Waals surface area contributed by atoms with Gasteiger partial charge in [-0.2, -0.15) is 0 Å². The third kappa shape index (κ3) is 2.70. The van der Waals surface area contributed by atoms with Crippen molar-refractivity contribution in [3.8, 4) is 0 Å². The normalized spacial score (nSPS) is 34.6. The highest BCUT2D eigenvalue weighted by Crippen LogP contribution is 2.44. The highest BCUT2D eigenvalue weighted by Gasteiger charge is 2.39. The minimum absolute atomic E-state index is 0.0938. The van der Waals surface area contributed by atoms with Gasteiger partial charge in [0.05, 0.1) is 6.10 Å². The van der Waals surface area contributed by atoms with Crippen molar-refractivity contribution in [2.75, 3.05) is 0 Å². The SMILES string of the molecule is CC1(C)CC[C@@H](C(C)(C)C)[C@@H](O)C1. The predicted molar refractivity (Wildman–Crippen MR) is 56.6 cm³/mol. The molecule has 0 heterocycles. The molecular weight excluding hydrogens is 160 g/mol. The molecule has 0 aromatic rings. The Hall–Kier alpha value is -0.0400. The Balaban J connectivity index is 2.64. The fourth-order valence-electron chi connectivity index (χ4n) is 2.56. The van der Waals surface area contributed by atoms with Crippen LogP contribution >= 0.6 is 0 Å². The van der Waals surface area contributed by atoms with Gasteiger partial charge in [0.1, 0.15) is 0 Å². The lowest BCUT2D eigenvalue weighted by molar-refractivity contribution is -0.0304. The molecule has 13 heavy (non-hydrogen) atoms. The fraction of sp³-hybridized carbons (Fsp3) is 1.00. The minimum Gasteiger partial charge on any atom is -0.393 e. The van der Waals surface area contributed by atoms with Crippen LogP contribution in [-0.2, 0) is 0 Å². The molecule has 0 spiro atoms. The van der Waals surface area contributed by atoms with Gasteiger partial charge in [-0.15, -0.1) is 0 Å². The number of hydrogen-bond acceptors (Lipinski definition) is 1. The van der Waals surface area contributed by atoms with Crippen LogP contribution in [0.15, 0.2) is 0 Å². The zero-order valence-electron chi connectivity index (χ0n) is 9.72. The third-order valence-corrected chi connectivity index (χ3v) is 3.47. The van der Waals surface area contributed by atoms with Crippen molar-refractivity contribution < 1.29 is 5.11 Å². The molecule has 0 amide bonds. The molecule has 1 heteroatoms. The summed E-state index contributed by atoms with van der Waals surface area (Å²) in [5.74, 6) is 0.487. The Morgan fingerprint density at radius 2 is 1.77 bits per heavy atom. The molecule has 0 bridgehead atoms. The van der Waals surface area contributed by atoms with Gasteiger partial charge in [-0.05, 0) is 36.0 Å². The van der Waals surface area contributed by atoms with Crippen molar-refractivity contribution in [2.45, 2.75) is 60.0 Å². The van der Waals surface area contributed by atoms with E-state index in [-0.39, 0.29) is 11.5 Å². The molecule has 0 aromatic carbocycles. The monoisotopic (exact) mass is 184 g/mol. The number of rotatable bonds is 0. The molecule has 78 valence electrons. The van der Waals surface area contributed by atoms with Crippen molar-refractivity contribution in [3.63, 3.8) is 0 Å². The molecule has 0 aromatic heterocycles. The van der Waals surface area contributed by atoms with Gasteiger partial charge in [-0.3, -0.25) is 0 Å². The van der Waals surface area contributed by atoms with Crippen LogP contribution in [0.25, 0.3) is 0 Å². The van der Waals surface area contributed by atoms with Crippen molar-refractivity contribution in [2.24, 2.45) is 16.7 Å². The van der Waals surface area contributed by atoms with E-state index in [0.717, 1.165) is 6.42 Å². The Labute approximate surface area is 82.5 Å². The Morgan fingerprint density at radius 1 is 1.23 bits per heavy atom. The fourth-order valence-corrected chi connectivity index (χ4v) is 2.56. The first-order valence-electron chi connectivity index (χ1n) is 5.40. The molecule has 2 atom stereocenters. The second-order valence-electron chi connectivity index (χ2n) is 6.45. The maximum absolute atomic E-state index is 10.0. The van der Waals surface area contributed by atoms with E-state index in [0.29, 0.717) is 11.3 Å². The smallest absolute Gasteiger partial charge is 0.0578 e. The highest BCUT2D eigenvalue weighted by atomic mass is 16.3. The molecule has 1 saturated carbocycles. The predicted octanol–water partition coefficient (Wildman–Crippen LogP) is 3.22. The molecule has 1 nitrogen and oxygen atoms in total. The second kappa shape index (κ2) is 3.27. The summed E-state index contributed by atoms with van der Waals surface area (Å²) in [5.41, 5.74) is 0.608. The Bertz CT molecular complexity index is 176. The van der Waals surface area contributed by atoms with Gasteiger partial charge in [-0.1, -0.05) is 34.6 Å². The van der Waals surface area contributed by atoms with Crippen LogP contribution in [0.4, 0.5) is 0 Å². The van der Waals surface area contributed by atoms with Crippen LogP contribution in [0.2, 0.25) is 0 Å². The largest absolute Gasteiger partial charge is 0.393 e. The van der Waals surface area contributed by atoms with Crippen LogP contribution in [-0.4, -0.2) is 11.2 Å². The zero-order valence-corrected chi connectivity index (χ0v) is 9.72. The molecule has 1 rings (SSSR count). The molecule has 0 saturated heterocycles. The molecule has 1 aliphatic carbocycles. The van der Waals surface area contributed by atoms with E-state index in [4.69, 9.17) is 0 Å². The first-order chi connectivity index (χ1) is 5.72. The summed E-state index contributed by atoms with van der Waals surface area (Å²) in [6.45, 7) is 11.2. The molecule has 1 aliphatic rings. The van der Waals surface area contributed by atoms with Crippen LogP contribution in [0.1, 0.15) is 53.9 Å². The van der Waals surface area contributed by atoms with Gasteiger partial charge < -0.3 is 5.11 Å². The van der Waals surface area contributed by atoms with Gasteiger partial charge in [-0.25, -0.2) is 0 Å². The van der Waals surface area contributed by atoms with E-state index < -0.39 is 0 Å². The Morgan fingerprint density at radius 3 is 2.15 bits per heavy atom. The van der Waals surface area contributed by atoms with Gasteiger partial charge >= 0.3 is 0 Å². The maximum Gasteiger partial charge on any atom is 0.0578 e. The maximum atomic E-state index is 10.0. The third-order valence-electron chi connectivity index (χ3n) is 3.47. The van der Waals surface area contributed by atoms with E-state index in [1.807, 2.05) is 0 Å². The second-order valence-corrected chi connectivity index (χ2v) is 6.45. The summed E-state index contributed by atoms with van der Waals surface area (Å²) in [6.07, 6.45) is 3.31. The van der Waals surface area contributed by atoms with Gasteiger partial charge in [0.15, 0.2) is 0 Å². The molecule has 0 unspecified atom stereocenters.